The molecule has 3 aromatic carbocycles. The van der Waals surface area contributed by atoms with Crippen LogP contribution in [0.4, 0.5) is 0 Å². The topological polar surface area (TPSA) is 61.8 Å². The summed E-state index contributed by atoms with van der Waals surface area (Å²) in [6.45, 7) is -0.242. The van der Waals surface area contributed by atoms with Gasteiger partial charge in [-0.2, -0.15) is 0 Å². The Morgan fingerprint density at radius 2 is 1.67 bits per heavy atom. The van der Waals surface area contributed by atoms with Crippen molar-refractivity contribution in [3.63, 3.8) is 0 Å². The number of esters is 1. The number of halogens is 2. The maximum absolute atomic E-state index is 12.5. The highest BCUT2D eigenvalue weighted by atomic mass is 35.5. The van der Waals surface area contributed by atoms with Gasteiger partial charge in [0, 0.05) is 21.2 Å². The third kappa shape index (κ3) is 5.53. The molecule has 0 aliphatic rings. The van der Waals surface area contributed by atoms with Gasteiger partial charge in [-0.15, -0.1) is 0 Å². The molecule has 5 nitrogen and oxygen atoms in total. The van der Waals surface area contributed by atoms with Crippen LogP contribution in [0.5, 0.6) is 11.5 Å². The van der Waals surface area contributed by atoms with Gasteiger partial charge in [-0.25, -0.2) is 4.79 Å². The second-order valence-corrected chi connectivity index (χ2v) is 7.09. The summed E-state index contributed by atoms with van der Waals surface area (Å²) in [7, 11) is 1.54. The number of ether oxygens (including phenoxy) is 3. The van der Waals surface area contributed by atoms with Crippen molar-refractivity contribution in [3.05, 3.63) is 93.5 Å². The van der Waals surface area contributed by atoms with Crippen LogP contribution in [0.15, 0.2) is 66.7 Å². The van der Waals surface area contributed by atoms with Crippen molar-refractivity contribution in [2.24, 2.45) is 0 Å². The van der Waals surface area contributed by atoms with Gasteiger partial charge in [-0.3, -0.25) is 4.79 Å². The smallest absolute Gasteiger partial charge is 0.342 e. The van der Waals surface area contributed by atoms with Crippen LogP contribution in [0.2, 0.25) is 10.0 Å². The van der Waals surface area contributed by atoms with Crippen molar-refractivity contribution in [1.82, 2.24) is 0 Å². The van der Waals surface area contributed by atoms with Crippen molar-refractivity contribution in [2.75, 3.05) is 13.7 Å². The van der Waals surface area contributed by atoms with Crippen molar-refractivity contribution in [3.8, 4) is 11.5 Å². The summed E-state index contributed by atoms with van der Waals surface area (Å²) < 4.78 is 16.0. The number of carbonyl (C=O) groups is 2. The number of Topliss-reactive ketones (excluding diaryl/α,β-unsaturated/α-hetero) is 1. The van der Waals surface area contributed by atoms with E-state index in [1.54, 1.807) is 73.8 Å². The monoisotopic (exact) mass is 444 g/mol. The van der Waals surface area contributed by atoms with Crippen LogP contribution < -0.4 is 9.47 Å². The van der Waals surface area contributed by atoms with E-state index < -0.39 is 5.97 Å². The molecule has 0 N–H and O–H groups in total. The average molecular weight is 445 g/mol. The number of hydrogen-bond donors (Lipinski definition) is 0. The predicted octanol–water partition coefficient (Wildman–Crippen LogP) is 5.62. The fraction of sp³-hybridized carbons (Fsp3) is 0.130. The lowest BCUT2D eigenvalue weighted by Gasteiger charge is -2.12. The lowest BCUT2D eigenvalue weighted by Crippen LogP contribution is -2.15. The molecule has 0 aliphatic carbocycles. The third-order valence-corrected chi connectivity index (χ3v) is 4.84. The zero-order valence-corrected chi connectivity index (χ0v) is 17.6. The first-order valence-electron chi connectivity index (χ1n) is 8.98. The van der Waals surface area contributed by atoms with Gasteiger partial charge in [0.1, 0.15) is 23.7 Å². The fourth-order valence-electron chi connectivity index (χ4n) is 2.62. The highest BCUT2D eigenvalue weighted by Gasteiger charge is 2.16. The van der Waals surface area contributed by atoms with Gasteiger partial charge >= 0.3 is 5.97 Å². The van der Waals surface area contributed by atoms with Gasteiger partial charge in [0.25, 0.3) is 0 Å². The minimum Gasteiger partial charge on any atom is -0.497 e. The molecule has 0 atom stereocenters. The number of benzene rings is 3. The molecule has 154 valence electrons. The molecule has 0 aromatic heterocycles. The molecule has 3 aromatic rings. The maximum atomic E-state index is 12.5. The van der Waals surface area contributed by atoms with Gasteiger partial charge in [-0.05, 0) is 48.5 Å². The van der Waals surface area contributed by atoms with Gasteiger partial charge in [-0.1, -0.05) is 41.4 Å². The van der Waals surface area contributed by atoms with Gasteiger partial charge < -0.3 is 14.2 Å². The number of methoxy groups -OCH3 is 1. The molecule has 0 aliphatic heterocycles. The molecule has 0 heterocycles. The Balaban J connectivity index is 1.63. The lowest BCUT2D eigenvalue weighted by atomic mass is 10.1. The van der Waals surface area contributed by atoms with Crippen molar-refractivity contribution in [2.45, 2.75) is 6.61 Å². The first kappa shape index (κ1) is 21.7. The fourth-order valence-corrected chi connectivity index (χ4v) is 3.09. The SMILES string of the molecule is COc1ccc(C(=O)COC(=O)c2ccccc2OCc2ccc(Cl)cc2Cl)cc1. The first-order chi connectivity index (χ1) is 14.5. The minimum atomic E-state index is -0.658. The van der Waals surface area contributed by atoms with E-state index in [-0.39, 0.29) is 24.6 Å². The first-order valence-corrected chi connectivity index (χ1v) is 9.73. The zero-order chi connectivity index (χ0) is 21.5. The Hall–Kier alpha value is -3.02. The van der Waals surface area contributed by atoms with Crippen molar-refractivity contribution in [1.29, 1.82) is 0 Å². The Labute approximate surface area is 184 Å². The molecule has 0 saturated carbocycles. The summed E-state index contributed by atoms with van der Waals surface area (Å²) >= 11 is 12.1. The van der Waals surface area contributed by atoms with Crippen LogP contribution in [0.1, 0.15) is 26.3 Å². The van der Waals surface area contributed by atoms with E-state index in [9.17, 15) is 9.59 Å². The molecule has 0 radical (unpaired) electrons. The summed E-state index contributed by atoms with van der Waals surface area (Å²) in [6, 6.07) is 18.3. The molecule has 0 unspecified atom stereocenters. The molecule has 7 heteroatoms. The molecule has 0 saturated heterocycles. The second-order valence-electron chi connectivity index (χ2n) is 6.25. The number of hydrogen-bond acceptors (Lipinski definition) is 5. The van der Waals surface area contributed by atoms with E-state index in [4.69, 9.17) is 37.4 Å². The minimum absolute atomic E-state index is 0.144. The zero-order valence-electron chi connectivity index (χ0n) is 16.1. The highest BCUT2D eigenvalue weighted by molar-refractivity contribution is 6.35. The van der Waals surface area contributed by atoms with Crippen molar-refractivity contribution < 1.29 is 23.8 Å². The summed E-state index contributed by atoms with van der Waals surface area (Å²) in [4.78, 5) is 24.8. The molecule has 0 spiro atoms. The van der Waals surface area contributed by atoms with E-state index >= 15 is 0 Å². The lowest BCUT2D eigenvalue weighted by molar-refractivity contribution is 0.0470. The molecule has 30 heavy (non-hydrogen) atoms. The third-order valence-electron chi connectivity index (χ3n) is 4.25. The number of para-hydroxylation sites is 1. The van der Waals surface area contributed by atoms with Crippen LogP contribution in [-0.4, -0.2) is 25.5 Å². The molecule has 3 rings (SSSR count). The molecular formula is C23H18Cl2O5. The summed E-state index contributed by atoms with van der Waals surface area (Å²) in [6.07, 6.45) is 0. The van der Waals surface area contributed by atoms with Gasteiger partial charge in [0.15, 0.2) is 12.4 Å². The number of carbonyl (C=O) groups excluding carboxylic acids is 2. The van der Waals surface area contributed by atoms with E-state index in [2.05, 4.69) is 0 Å². The standard InChI is InChI=1S/C23H18Cl2O5/c1-28-18-10-7-15(8-11-18)21(26)14-30-23(27)19-4-2-3-5-22(19)29-13-16-6-9-17(24)12-20(16)25/h2-12H,13-14H2,1H3. The van der Waals surface area contributed by atoms with Crippen LogP contribution in [0.25, 0.3) is 0 Å². The van der Waals surface area contributed by atoms with E-state index in [0.29, 0.717) is 27.1 Å². The normalized spacial score (nSPS) is 10.4. The van der Waals surface area contributed by atoms with Crippen LogP contribution in [0.3, 0.4) is 0 Å². The molecule has 0 amide bonds. The Bertz CT molecular complexity index is 1050. The molecule has 0 bridgehead atoms. The largest absolute Gasteiger partial charge is 0.497 e. The quantitative estimate of drug-likeness (QED) is 0.333. The van der Waals surface area contributed by atoms with Crippen molar-refractivity contribution >= 4 is 35.0 Å². The van der Waals surface area contributed by atoms with Gasteiger partial charge in [0.05, 0.1) is 7.11 Å². The van der Waals surface area contributed by atoms with Gasteiger partial charge in [0.2, 0.25) is 0 Å². The molecular weight excluding hydrogens is 427 g/mol. The number of rotatable bonds is 8. The van der Waals surface area contributed by atoms with Crippen LogP contribution >= 0.6 is 23.2 Å². The maximum Gasteiger partial charge on any atom is 0.342 e. The van der Waals surface area contributed by atoms with Crippen LogP contribution in [-0.2, 0) is 11.3 Å². The van der Waals surface area contributed by atoms with E-state index in [0.717, 1.165) is 5.56 Å². The van der Waals surface area contributed by atoms with Crippen LogP contribution in [0, 0.1) is 0 Å². The Kier molecular flexibility index (Phi) is 7.33. The summed E-state index contributed by atoms with van der Waals surface area (Å²) in [5, 5.41) is 0.988. The molecule has 0 fully saturated rings. The Morgan fingerprint density at radius 1 is 0.933 bits per heavy atom. The summed E-state index contributed by atoms with van der Waals surface area (Å²) in [5.41, 5.74) is 1.36. The van der Waals surface area contributed by atoms with E-state index in [1.807, 2.05) is 0 Å². The van der Waals surface area contributed by atoms with E-state index in [1.165, 1.54) is 0 Å². The number of ketones is 1. The predicted molar refractivity (Wildman–Crippen MR) is 115 cm³/mol. The average Bonchev–Trinajstić information content (AvgIpc) is 2.77. The highest BCUT2D eigenvalue weighted by Crippen LogP contribution is 2.25. The second kappa shape index (κ2) is 10.1. The summed E-state index contributed by atoms with van der Waals surface area (Å²) in [5.74, 6) is -0.0205. The Morgan fingerprint density at radius 3 is 2.37 bits per heavy atom.